The standard InChI is InChI=1S/C26H28N2O5S/c1-18-9-7-8-12-22(18)25(20-10-5-4-6-11-20)27-26(29)19(2)28(34(3,30)31)21-13-14-23-24(17-21)33-16-15-32-23/h4-14,17,19,25H,15-16H2,1-3H3,(H,27,29)/t19-,25-/m0/s1. The molecule has 0 aromatic heterocycles. The van der Waals surface area contributed by atoms with Gasteiger partial charge in [0.15, 0.2) is 11.5 Å². The van der Waals surface area contributed by atoms with Crippen LogP contribution in [0.3, 0.4) is 0 Å². The number of nitrogens with zero attached hydrogens (tertiary/aromatic N) is 1. The third-order valence-corrected chi connectivity index (χ3v) is 7.03. The Labute approximate surface area is 200 Å². The van der Waals surface area contributed by atoms with Gasteiger partial charge in [0.05, 0.1) is 18.0 Å². The maximum absolute atomic E-state index is 13.5. The van der Waals surface area contributed by atoms with E-state index < -0.39 is 28.0 Å². The molecule has 0 bridgehead atoms. The van der Waals surface area contributed by atoms with Crippen molar-refractivity contribution in [3.8, 4) is 11.5 Å². The topological polar surface area (TPSA) is 84.9 Å². The maximum Gasteiger partial charge on any atom is 0.244 e. The predicted molar refractivity (Wildman–Crippen MR) is 132 cm³/mol. The zero-order valence-corrected chi connectivity index (χ0v) is 20.2. The van der Waals surface area contributed by atoms with Gasteiger partial charge in [-0.25, -0.2) is 8.42 Å². The molecule has 3 aromatic carbocycles. The summed E-state index contributed by atoms with van der Waals surface area (Å²) in [5.41, 5.74) is 3.21. The minimum absolute atomic E-state index is 0.335. The number of anilines is 1. The van der Waals surface area contributed by atoms with Crippen molar-refractivity contribution in [3.05, 3.63) is 89.5 Å². The molecule has 34 heavy (non-hydrogen) atoms. The number of hydrogen-bond acceptors (Lipinski definition) is 5. The number of amides is 1. The van der Waals surface area contributed by atoms with Crippen molar-refractivity contribution < 1.29 is 22.7 Å². The summed E-state index contributed by atoms with van der Waals surface area (Å²) >= 11 is 0. The normalized spacial score (nSPS) is 14.7. The van der Waals surface area contributed by atoms with Gasteiger partial charge in [-0.2, -0.15) is 0 Å². The van der Waals surface area contributed by atoms with Crippen LogP contribution < -0.4 is 19.1 Å². The van der Waals surface area contributed by atoms with Gasteiger partial charge in [-0.15, -0.1) is 0 Å². The van der Waals surface area contributed by atoms with Crippen molar-refractivity contribution in [2.45, 2.75) is 25.9 Å². The molecule has 0 spiro atoms. The number of ether oxygens (including phenoxy) is 2. The van der Waals surface area contributed by atoms with Gasteiger partial charge in [0.25, 0.3) is 0 Å². The smallest absolute Gasteiger partial charge is 0.244 e. The molecule has 7 nitrogen and oxygen atoms in total. The number of sulfonamides is 1. The summed E-state index contributed by atoms with van der Waals surface area (Å²) in [5.74, 6) is 0.578. The first-order valence-electron chi connectivity index (χ1n) is 11.1. The van der Waals surface area contributed by atoms with Crippen molar-refractivity contribution in [2.75, 3.05) is 23.8 Å². The molecule has 1 amide bonds. The summed E-state index contributed by atoms with van der Waals surface area (Å²) < 4.78 is 37.9. The molecule has 1 N–H and O–H groups in total. The van der Waals surface area contributed by atoms with Crippen LogP contribution in [0, 0.1) is 6.92 Å². The second kappa shape index (κ2) is 9.77. The van der Waals surface area contributed by atoms with Gasteiger partial charge in [-0.1, -0.05) is 54.6 Å². The molecule has 3 aromatic rings. The summed E-state index contributed by atoms with van der Waals surface area (Å²) in [7, 11) is -3.79. The molecule has 0 fully saturated rings. The quantitative estimate of drug-likeness (QED) is 0.556. The highest BCUT2D eigenvalue weighted by Gasteiger charge is 2.32. The van der Waals surface area contributed by atoms with Crippen LogP contribution in [0.4, 0.5) is 5.69 Å². The van der Waals surface area contributed by atoms with Crippen LogP contribution in [0.25, 0.3) is 0 Å². The van der Waals surface area contributed by atoms with Gasteiger partial charge in [-0.3, -0.25) is 9.10 Å². The monoisotopic (exact) mass is 480 g/mol. The lowest BCUT2D eigenvalue weighted by Gasteiger charge is -2.31. The zero-order valence-electron chi connectivity index (χ0n) is 19.4. The largest absolute Gasteiger partial charge is 0.486 e. The van der Waals surface area contributed by atoms with Crippen molar-refractivity contribution in [3.63, 3.8) is 0 Å². The fourth-order valence-electron chi connectivity index (χ4n) is 4.14. The second-order valence-electron chi connectivity index (χ2n) is 8.27. The first-order valence-corrected chi connectivity index (χ1v) is 12.9. The van der Waals surface area contributed by atoms with E-state index in [1.165, 1.54) is 0 Å². The molecule has 8 heteroatoms. The van der Waals surface area contributed by atoms with Crippen LogP contribution in [-0.4, -0.2) is 39.8 Å². The lowest BCUT2D eigenvalue weighted by Crippen LogP contribution is -2.48. The first-order chi connectivity index (χ1) is 16.3. The Bertz CT molecular complexity index is 1280. The molecule has 1 heterocycles. The third kappa shape index (κ3) is 5.02. The molecule has 2 atom stereocenters. The van der Waals surface area contributed by atoms with E-state index in [0.29, 0.717) is 30.4 Å². The summed E-state index contributed by atoms with van der Waals surface area (Å²) in [5, 5.41) is 3.07. The van der Waals surface area contributed by atoms with E-state index in [1.807, 2.05) is 61.5 Å². The summed E-state index contributed by atoms with van der Waals surface area (Å²) in [4.78, 5) is 13.5. The van der Waals surface area contributed by atoms with Gasteiger partial charge in [0.2, 0.25) is 15.9 Å². The zero-order chi connectivity index (χ0) is 24.3. The number of rotatable bonds is 7. The van der Waals surface area contributed by atoms with Crippen LogP contribution in [0.1, 0.15) is 29.7 Å². The van der Waals surface area contributed by atoms with E-state index >= 15 is 0 Å². The number of nitrogens with one attached hydrogen (secondary N) is 1. The molecule has 0 radical (unpaired) electrons. The number of carbonyl (C=O) groups excluding carboxylic acids is 1. The van der Waals surface area contributed by atoms with Gasteiger partial charge in [-0.05, 0) is 42.7 Å². The van der Waals surface area contributed by atoms with Crippen molar-refractivity contribution in [1.29, 1.82) is 0 Å². The van der Waals surface area contributed by atoms with Gasteiger partial charge >= 0.3 is 0 Å². The molecular formula is C26H28N2O5S. The third-order valence-electron chi connectivity index (χ3n) is 5.79. The maximum atomic E-state index is 13.5. The van der Waals surface area contributed by atoms with Gasteiger partial charge < -0.3 is 14.8 Å². The fourth-order valence-corrected chi connectivity index (χ4v) is 5.30. The highest BCUT2D eigenvalue weighted by molar-refractivity contribution is 7.92. The summed E-state index contributed by atoms with van der Waals surface area (Å²) in [6.07, 6.45) is 1.09. The molecule has 0 aliphatic carbocycles. The number of hydrogen-bond donors (Lipinski definition) is 1. The number of fused-ring (bicyclic) bond motifs is 1. The average Bonchev–Trinajstić information content (AvgIpc) is 2.82. The summed E-state index contributed by atoms with van der Waals surface area (Å²) in [6, 6.07) is 20.9. The first kappa shape index (κ1) is 23.6. The molecular weight excluding hydrogens is 452 g/mol. The molecule has 0 saturated heterocycles. The van der Waals surface area contributed by atoms with Crippen molar-refractivity contribution >= 4 is 21.6 Å². The Hall–Kier alpha value is -3.52. The molecule has 178 valence electrons. The molecule has 1 aliphatic rings. The van der Waals surface area contributed by atoms with E-state index in [2.05, 4.69) is 5.32 Å². The lowest BCUT2D eigenvalue weighted by molar-refractivity contribution is -0.122. The minimum atomic E-state index is -3.79. The second-order valence-corrected chi connectivity index (χ2v) is 10.1. The van der Waals surface area contributed by atoms with Crippen LogP contribution in [0.15, 0.2) is 72.8 Å². The lowest BCUT2D eigenvalue weighted by atomic mass is 9.94. The van der Waals surface area contributed by atoms with E-state index in [4.69, 9.17) is 9.47 Å². The predicted octanol–water partition coefficient (Wildman–Crippen LogP) is 3.83. The average molecular weight is 481 g/mol. The minimum Gasteiger partial charge on any atom is -0.486 e. The Morgan fingerprint density at radius 2 is 1.59 bits per heavy atom. The SMILES string of the molecule is Cc1ccccc1[C@@H](NC(=O)[C@H](C)N(c1ccc2c(c1)OCCO2)S(C)(=O)=O)c1ccccc1. The Kier molecular flexibility index (Phi) is 6.79. The van der Waals surface area contributed by atoms with Crippen molar-refractivity contribution in [1.82, 2.24) is 5.32 Å². The Morgan fingerprint density at radius 3 is 2.26 bits per heavy atom. The molecule has 4 rings (SSSR count). The van der Waals surface area contributed by atoms with Crippen LogP contribution in [0.5, 0.6) is 11.5 Å². The van der Waals surface area contributed by atoms with Crippen LogP contribution in [0.2, 0.25) is 0 Å². The molecule has 0 saturated carbocycles. The van der Waals surface area contributed by atoms with Gasteiger partial charge in [0.1, 0.15) is 19.3 Å². The number of carbonyl (C=O) groups is 1. The highest BCUT2D eigenvalue weighted by atomic mass is 32.2. The van der Waals surface area contributed by atoms with E-state index in [9.17, 15) is 13.2 Å². The number of benzene rings is 3. The van der Waals surface area contributed by atoms with Crippen LogP contribution in [-0.2, 0) is 14.8 Å². The summed E-state index contributed by atoms with van der Waals surface area (Å²) in [6.45, 7) is 4.37. The highest BCUT2D eigenvalue weighted by Crippen LogP contribution is 2.35. The Morgan fingerprint density at radius 1 is 0.941 bits per heavy atom. The van der Waals surface area contributed by atoms with Gasteiger partial charge in [0, 0.05) is 6.07 Å². The van der Waals surface area contributed by atoms with Crippen LogP contribution >= 0.6 is 0 Å². The van der Waals surface area contributed by atoms with Crippen molar-refractivity contribution in [2.24, 2.45) is 0 Å². The number of aryl methyl sites for hydroxylation is 1. The fraction of sp³-hybridized carbons (Fsp3) is 0.269. The van der Waals surface area contributed by atoms with E-state index in [1.54, 1.807) is 25.1 Å². The molecule has 1 aliphatic heterocycles. The van der Waals surface area contributed by atoms with E-state index in [0.717, 1.165) is 27.3 Å². The van der Waals surface area contributed by atoms with E-state index in [-0.39, 0.29) is 0 Å². The Balaban J connectivity index is 1.67. The molecule has 0 unspecified atom stereocenters.